The van der Waals surface area contributed by atoms with Gasteiger partial charge in [-0.15, -0.1) is 0 Å². The first kappa shape index (κ1) is 9.68. The van der Waals surface area contributed by atoms with E-state index in [1.807, 2.05) is 24.3 Å². The van der Waals surface area contributed by atoms with Crippen molar-refractivity contribution in [2.45, 2.75) is 6.61 Å². The molecule has 0 bridgehead atoms. The number of aliphatic hydroxyl groups is 1. The van der Waals surface area contributed by atoms with Crippen molar-refractivity contribution in [1.82, 2.24) is 4.98 Å². The Bertz CT molecular complexity index is 469. The molecule has 15 heavy (non-hydrogen) atoms. The van der Waals surface area contributed by atoms with Gasteiger partial charge >= 0.3 is 0 Å². The summed E-state index contributed by atoms with van der Waals surface area (Å²) in [5, 5.41) is 18.5. The van der Waals surface area contributed by atoms with Crippen LogP contribution in [-0.4, -0.2) is 15.2 Å². The summed E-state index contributed by atoms with van der Waals surface area (Å²) in [5.41, 5.74) is 2.52. The van der Waals surface area contributed by atoms with E-state index in [-0.39, 0.29) is 12.4 Å². The van der Waals surface area contributed by atoms with Crippen LogP contribution in [0.2, 0.25) is 0 Å². The van der Waals surface area contributed by atoms with Crippen LogP contribution < -0.4 is 0 Å². The summed E-state index contributed by atoms with van der Waals surface area (Å²) in [7, 11) is 0. The van der Waals surface area contributed by atoms with E-state index in [9.17, 15) is 5.11 Å². The van der Waals surface area contributed by atoms with Crippen molar-refractivity contribution in [2.24, 2.45) is 0 Å². The molecule has 1 aromatic heterocycles. The minimum atomic E-state index is -0.0220. The maximum absolute atomic E-state index is 9.31. The van der Waals surface area contributed by atoms with Gasteiger partial charge < -0.3 is 10.2 Å². The summed E-state index contributed by atoms with van der Waals surface area (Å²) in [5.74, 6) is 0.125. The first-order valence-electron chi connectivity index (χ1n) is 4.64. The fourth-order valence-electron chi connectivity index (χ4n) is 1.51. The fourth-order valence-corrected chi connectivity index (χ4v) is 1.51. The Hall–Kier alpha value is -1.87. The summed E-state index contributed by atoms with van der Waals surface area (Å²) in [4.78, 5) is 3.90. The van der Waals surface area contributed by atoms with Crippen molar-refractivity contribution in [3.05, 3.63) is 48.3 Å². The monoisotopic (exact) mass is 201 g/mol. The lowest BCUT2D eigenvalue weighted by atomic mass is 10.0. The van der Waals surface area contributed by atoms with Crippen molar-refractivity contribution in [2.75, 3.05) is 0 Å². The Kier molecular flexibility index (Phi) is 2.65. The van der Waals surface area contributed by atoms with Gasteiger partial charge in [0.1, 0.15) is 5.75 Å². The lowest BCUT2D eigenvalue weighted by Gasteiger charge is -2.06. The molecule has 3 nitrogen and oxygen atoms in total. The van der Waals surface area contributed by atoms with Crippen LogP contribution in [0.5, 0.6) is 5.75 Å². The van der Waals surface area contributed by atoms with Gasteiger partial charge in [-0.05, 0) is 17.2 Å². The van der Waals surface area contributed by atoms with E-state index >= 15 is 0 Å². The number of hydrogen-bond acceptors (Lipinski definition) is 3. The highest BCUT2D eigenvalue weighted by atomic mass is 16.3. The van der Waals surface area contributed by atoms with Gasteiger partial charge in [-0.1, -0.05) is 24.3 Å². The lowest BCUT2D eigenvalue weighted by molar-refractivity contribution is 0.282. The van der Waals surface area contributed by atoms with E-state index in [1.54, 1.807) is 12.3 Å². The Morgan fingerprint density at radius 3 is 2.67 bits per heavy atom. The number of benzene rings is 1. The standard InChI is InChI=1S/C12H11NO2/c14-8-9-3-1-2-4-12(9)10-5-11(15)7-13-6-10/h1-7,14-15H,8H2. The van der Waals surface area contributed by atoms with Crippen LogP contribution in [0.15, 0.2) is 42.7 Å². The van der Waals surface area contributed by atoms with E-state index < -0.39 is 0 Å². The predicted molar refractivity (Wildman–Crippen MR) is 57.3 cm³/mol. The molecule has 1 aromatic carbocycles. The molecule has 0 amide bonds. The molecule has 0 saturated heterocycles. The molecule has 0 fully saturated rings. The molecule has 0 unspecified atom stereocenters. The Labute approximate surface area is 87.7 Å². The van der Waals surface area contributed by atoms with Crippen LogP contribution in [-0.2, 0) is 6.61 Å². The molecule has 0 spiro atoms. The van der Waals surface area contributed by atoms with Crippen molar-refractivity contribution in [3.63, 3.8) is 0 Å². The number of aromatic nitrogens is 1. The molecule has 1 heterocycles. The predicted octanol–water partition coefficient (Wildman–Crippen LogP) is 1.95. The number of aliphatic hydroxyl groups excluding tert-OH is 1. The SMILES string of the molecule is OCc1ccccc1-c1cncc(O)c1. The lowest BCUT2D eigenvalue weighted by Crippen LogP contribution is -1.89. The zero-order valence-corrected chi connectivity index (χ0v) is 8.09. The molecular formula is C12H11NO2. The maximum Gasteiger partial charge on any atom is 0.134 e. The van der Waals surface area contributed by atoms with Crippen LogP contribution in [0.1, 0.15) is 5.56 Å². The molecule has 2 aromatic rings. The van der Waals surface area contributed by atoms with Gasteiger partial charge in [0.25, 0.3) is 0 Å². The summed E-state index contributed by atoms with van der Waals surface area (Å²) in [6.07, 6.45) is 3.04. The van der Waals surface area contributed by atoms with Gasteiger partial charge in [0.15, 0.2) is 0 Å². The van der Waals surface area contributed by atoms with E-state index in [2.05, 4.69) is 4.98 Å². The number of pyridine rings is 1. The Morgan fingerprint density at radius 2 is 1.93 bits per heavy atom. The highest BCUT2D eigenvalue weighted by molar-refractivity contribution is 5.67. The van der Waals surface area contributed by atoms with Gasteiger partial charge in [-0.25, -0.2) is 0 Å². The average molecular weight is 201 g/mol. The van der Waals surface area contributed by atoms with Crippen molar-refractivity contribution < 1.29 is 10.2 Å². The van der Waals surface area contributed by atoms with Crippen LogP contribution in [0.3, 0.4) is 0 Å². The summed E-state index contributed by atoms with van der Waals surface area (Å²) < 4.78 is 0. The molecule has 2 rings (SSSR count). The van der Waals surface area contributed by atoms with Gasteiger partial charge in [0.05, 0.1) is 12.8 Å². The van der Waals surface area contributed by atoms with E-state index in [0.29, 0.717) is 0 Å². The summed E-state index contributed by atoms with van der Waals surface area (Å²) >= 11 is 0. The maximum atomic E-state index is 9.31. The van der Waals surface area contributed by atoms with E-state index in [0.717, 1.165) is 16.7 Å². The number of nitrogens with zero attached hydrogens (tertiary/aromatic N) is 1. The highest BCUT2D eigenvalue weighted by Gasteiger charge is 2.04. The average Bonchev–Trinajstić information content (AvgIpc) is 2.29. The third-order valence-electron chi connectivity index (χ3n) is 2.22. The van der Waals surface area contributed by atoms with Crippen molar-refractivity contribution in [3.8, 4) is 16.9 Å². The molecule has 0 aliphatic carbocycles. The number of rotatable bonds is 2. The molecule has 2 N–H and O–H groups in total. The van der Waals surface area contributed by atoms with Crippen molar-refractivity contribution in [1.29, 1.82) is 0 Å². The third-order valence-corrected chi connectivity index (χ3v) is 2.22. The van der Waals surface area contributed by atoms with Crippen LogP contribution >= 0.6 is 0 Å². The molecule has 76 valence electrons. The second kappa shape index (κ2) is 4.11. The molecular weight excluding hydrogens is 190 g/mol. The molecule has 0 atom stereocenters. The molecule has 0 aliphatic rings. The summed E-state index contributed by atoms with van der Waals surface area (Å²) in [6.45, 7) is -0.0220. The van der Waals surface area contributed by atoms with Crippen LogP contribution in [0.4, 0.5) is 0 Å². The van der Waals surface area contributed by atoms with Gasteiger partial charge in [0.2, 0.25) is 0 Å². The minimum Gasteiger partial charge on any atom is -0.506 e. The van der Waals surface area contributed by atoms with Crippen molar-refractivity contribution >= 4 is 0 Å². The van der Waals surface area contributed by atoms with Crippen LogP contribution in [0.25, 0.3) is 11.1 Å². The highest BCUT2D eigenvalue weighted by Crippen LogP contribution is 2.25. The zero-order chi connectivity index (χ0) is 10.7. The van der Waals surface area contributed by atoms with Crippen LogP contribution in [0, 0.1) is 0 Å². The van der Waals surface area contributed by atoms with E-state index in [1.165, 1.54) is 6.20 Å². The molecule has 0 radical (unpaired) electrons. The normalized spacial score (nSPS) is 10.2. The number of hydrogen-bond donors (Lipinski definition) is 2. The quantitative estimate of drug-likeness (QED) is 0.780. The zero-order valence-electron chi connectivity index (χ0n) is 8.09. The molecule has 0 aliphatic heterocycles. The number of aromatic hydroxyl groups is 1. The first-order valence-corrected chi connectivity index (χ1v) is 4.64. The van der Waals surface area contributed by atoms with Gasteiger partial charge in [-0.3, -0.25) is 4.98 Å². The van der Waals surface area contributed by atoms with Gasteiger partial charge in [0, 0.05) is 11.8 Å². The fraction of sp³-hybridized carbons (Fsp3) is 0.0833. The summed E-state index contributed by atoms with van der Waals surface area (Å²) in [6, 6.07) is 9.12. The second-order valence-electron chi connectivity index (χ2n) is 3.25. The van der Waals surface area contributed by atoms with E-state index in [4.69, 9.17) is 5.11 Å². The molecule has 3 heteroatoms. The molecule has 0 saturated carbocycles. The second-order valence-corrected chi connectivity index (χ2v) is 3.25. The van der Waals surface area contributed by atoms with Gasteiger partial charge in [-0.2, -0.15) is 0 Å². The first-order chi connectivity index (χ1) is 7.31. The third kappa shape index (κ3) is 1.97. The Morgan fingerprint density at radius 1 is 1.13 bits per heavy atom. The Balaban J connectivity index is 2.53. The largest absolute Gasteiger partial charge is 0.506 e. The minimum absolute atomic E-state index is 0.0220. The topological polar surface area (TPSA) is 53.4 Å². The smallest absolute Gasteiger partial charge is 0.134 e.